The van der Waals surface area contributed by atoms with Gasteiger partial charge >= 0.3 is 0 Å². The topological polar surface area (TPSA) is 29.1 Å². The van der Waals surface area contributed by atoms with E-state index in [2.05, 4.69) is 5.32 Å². The van der Waals surface area contributed by atoms with E-state index in [9.17, 15) is 4.79 Å². The molecular formula is C8H14NO. The van der Waals surface area contributed by atoms with Crippen LogP contribution in [0.3, 0.4) is 0 Å². The zero-order valence-corrected chi connectivity index (χ0v) is 6.23. The van der Waals surface area contributed by atoms with Crippen LogP contribution in [0, 0.1) is 0 Å². The molecule has 1 aliphatic rings. The fraction of sp³-hybridized carbons (Fsp3) is 0.875. The monoisotopic (exact) mass is 140 g/mol. The Morgan fingerprint density at radius 3 is 2.60 bits per heavy atom. The summed E-state index contributed by atoms with van der Waals surface area (Å²) in [5.74, 6) is 0. The Kier molecular flexibility index (Phi) is 3.44. The first-order chi connectivity index (χ1) is 4.93. The van der Waals surface area contributed by atoms with Crippen molar-refractivity contribution in [3.8, 4) is 0 Å². The largest absolute Gasteiger partial charge is 0.307 e. The molecule has 1 radical (unpaired) electrons. The first-order valence-corrected chi connectivity index (χ1v) is 4.02. The zero-order chi connectivity index (χ0) is 7.23. The summed E-state index contributed by atoms with van der Waals surface area (Å²) in [6, 6.07) is 0.593. The predicted octanol–water partition coefficient (Wildman–Crippen LogP) is 1.02. The van der Waals surface area contributed by atoms with E-state index in [1.807, 2.05) is 6.29 Å². The number of nitrogens with one attached hydrogen (secondary N) is 1. The molecule has 0 bridgehead atoms. The van der Waals surface area contributed by atoms with E-state index in [0.29, 0.717) is 12.6 Å². The summed E-state index contributed by atoms with van der Waals surface area (Å²) in [6.45, 7) is 0.407. The Labute approximate surface area is 62.0 Å². The van der Waals surface area contributed by atoms with Gasteiger partial charge in [-0.1, -0.05) is 19.3 Å². The lowest BCUT2D eigenvalue weighted by Gasteiger charge is -2.21. The Morgan fingerprint density at radius 1 is 1.30 bits per heavy atom. The van der Waals surface area contributed by atoms with Gasteiger partial charge in [0.1, 0.15) is 0 Å². The van der Waals surface area contributed by atoms with Gasteiger partial charge in [0.25, 0.3) is 0 Å². The summed E-state index contributed by atoms with van der Waals surface area (Å²) < 4.78 is 0. The minimum Gasteiger partial charge on any atom is -0.307 e. The summed E-state index contributed by atoms with van der Waals surface area (Å²) in [4.78, 5) is 9.86. The van der Waals surface area contributed by atoms with E-state index in [4.69, 9.17) is 0 Å². The maximum absolute atomic E-state index is 9.86. The maximum Gasteiger partial charge on any atom is 0.213 e. The lowest BCUT2D eigenvalue weighted by molar-refractivity contribution is 0.385. The molecule has 1 aliphatic carbocycles. The number of hydrogen-bond donors (Lipinski definition) is 1. The Bertz CT molecular complexity index is 97.4. The Hall–Kier alpha value is -0.370. The summed E-state index contributed by atoms with van der Waals surface area (Å²) in [6.07, 6.45) is 8.33. The van der Waals surface area contributed by atoms with Crippen LogP contribution in [0.15, 0.2) is 0 Å². The van der Waals surface area contributed by atoms with Crippen LogP contribution in [0.2, 0.25) is 0 Å². The van der Waals surface area contributed by atoms with Crippen molar-refractivity contribution in [3.63, 3.8) is 0 Å². The van der Waals surface area contributed by atoms with E-state index in [1.165, 1.54) is 32.1 Å². The lowest BCUT2D eigenvalue weighted by atomic mass is 9.96. The summed E-state index contributed by atoms with van der Waals surface area (Å²) in [7, 11) is 0. The summed E-state index contributed by atoms with van der Waals surface area (Å²) in [5, 5.41) is 3.15. The fourth-order valence-electron chi connectivity index (χ4n) is 1.49. The van der Waals surface area contributed by atoms with Crippen LogP contribution in [0.1, 0.15) is 32.1 Å². The molecule has 0 aromatic carbocycles. The Morgan fingerprint density at radius 2 is 2.00 bits per heavy atom. The highest BCUT2D eigenvalue weighted by molar-refractivity contribution is 5.52. The van der Waals surface area contributed by atoms with Crippen molar-refractivity contribution < 1.29 is 4.79 Å². The molecule has 0 unspecified atom stereocenters. The Balaban J connectivity index is 2.07. The molecule has 0 aromatic heterocycles. The van der Waals surface area contributed by atoms with E-state index in [1.54, 1.807) is 0 Å². The standard InChI is InChI=1S/C8H14NO/c10-7-6-9-8-4-2-1-3-5-8/h8-9H,1-6H2. The average molecular weight is 140 g/mol. The van der Waals surface area contributed by atoms with E-state index in [0.717, 1.165) is 0 Å². The molecule has 1 N–H and O–H groups in total. The van der Waals surface area contributed by atoms with Gasteiger partial charge in [0.2, 0.25) is 6.29 Å². The highest BCUT2D eigenvalue weighted by Crippen LogP contribution is 2.16. The van der Waals surface area contributed by atoms with Gasteiger partial charge in [0.05, 0.1) is 6.54 Å². The third kappa shape index (κ3) is 2.48. The number of hydrogen-bond acceptors (Lipinski definition) is 2. The highest BCUT2D eigenvalue weighted by Gasteiger charge is 2.11. The summed E-state index contributed by atoms with van der Waals surface area (Å²) >= 11 is 0. The van der Waals surface area contributed by atoms with Crippen molar-refractivity contribution in [2.45, 2.75) is 38.1 Å². The van der Waals surface area contributed by atoms with Crippen LogP contribution in [-0.4, -0.2) is 18.9 Å². The SMILES string of the molecule is O=[C]CNC1CCCCC1. The minimum absolute atomic E-state index is 0.407. The molecule has 1 fully saturated rings. The third-order valence-electron chi connectivity index (χ3n) is 2.07. The molecular weight excluding hydrogens is 126 g/mol. The molecule has 57 valence electrons. The van der Waals surface area contributed by atoms with Gasteiger partial charge in [-0.2, -0.15) is 0 Å². The fourth-order valence-corrected chi connectivity index (χ4v) is 1.49. The highest BCUT2D eigenvalue weighted by atomic mass is 16.1. The summed E-state index contributed by atoms with van der Waals surface area (Å²) in [5.41, 5.74) is 0. The average Bonchev–Trinajstić information content (AvgIpc) is 2.03. The molecule has 0 amide bonds. The first-order valence-electron chi connectivity index (χ1n) is 4.02. The van der Waals surface area contributed by atoms with Gasteiger partial charge in [0.15, 0.2) is 0 Å². The van der Waals surface area contributed by atoms with Crippen molar-refractivity contribution in [3.05, 3.63) is 0 Å². The first kappa shape index (κ1) is 7.73. The van der Waals surface area contributed by atoms with Crippen LogP contribution in [0.4, 0.5) is 0 Å². The van der Waals surface area contributed by atoms with Crippen molar-refractivity contribution in [2.24, 2.45) is 0 Å². The number of rotatable bonds is 3. The molecule has 10 heavy (non-hydrogen) atoms. The van der Waals surface area contributed by atoms with E-state index >= 15 is 0 Å². The van der Waals surface area contributed by atoms with Gasteiger partial charge in [0, 0.05) is 6.04 Å². The quantitative estimate of drug-likeness (QED) is 0.634. The van der Waals surface area contributed by atoms with Crippen LogP contribution >= 0.6 is 0 Å². The van der Waals surface area contributed by atoms with Crippen LogP contribution in [-0.2, 0) is 4.79 Å². The maximum atomic E-state index is 9.86. The second-order valence-corrected chi connectivity index (χ2v) is 2.86. The van der Waals surface area contributed by atoms with Crippen molar-refractivity contribution in [1.82, 2.24) is 5.32 Å². The molecule has 0 aliphatic heterocycles. The van der Waals surface area contributed by atoms with Crippen LogP contribution in [0.5, 0.6) is 0 Å². The molecule has 0 heterocycles. The second kappa shape index (κ2) is 4.45. The molecule has 1 saturated carbocycles. The molecule has 0 spiro atoms. The minimum atomic E-state index is 0.407. The van der Waals surface area contributed by atoms with Gasteiger partial charge < -0.3 is 5.32 Å². The van der Waals surface area contributed by atoms with Gasteiger partial charge in [-0.05, 0) is 12.8 Å². The van der Waals surface area contributed by atoms with Crippen molar-refractivity contribution >= 4 is 6.29 Å². The number of carbonyl (C=O) groups excluding carboxylic acids is 1. The molecule has 2 nitrogen and oxygen atoms in total. The zero-order valence-electron chi connectivity index (χ0n) is 6.23. The van der Waals surface area contributed by atoms with Crippen molar-refractivity contribution in [2.75, 3.05) is 6.54 Å². The normalized spacial score (nSPS) is 20.8. The second-order valence-electron chi connectivity index (χ2n) is 2.86. The van der Waals surface area contributed by atoms with Gasteiger partial charge in [-0.3, -0.25) is 4.79 Å². The third-order valence-corrected chi connectivity index (χ3v) is 2.07. The molecule has 2 heteroatoms. The van der Waals surface area contributed by atoms with Crippen molar-refractivity contribution in [1.29, 1.82) is 0 Å². The molecule has 1 rings (SSSR count). The molecule has 0 saturated heterocycles. The van der Waals surface area contributed by atoms with Crippen LogP contribution in [0.25, 0.3) is 0 Å². The predicted molar refractivity (Wildman–Crippen MR) is 40.6 cm³/mol. The van der Waals surface area contributed by atoms with Gasteiger partial charge in [-0.25, -0.2) is 0 Å². The van der Waals surface area contributed by atoms with Gasteiger partial charge in [-0.15, -0.1) is 0 Å². The molecule has 0 aromatic rings. The van der Waals surface area contributed by atoms with Crippen LogP contribution < -0.4 is 5.32 Å². The molecule has 0 atom stereocenters. The van der Waals surface area contributed by atoms with E-state index in [-0.39, 0.29) is 0 Å². The van der Waals surface area contributed by atoms with E-state index < -0.39 is 0 Å². The lowest BCUT2D eigenvalue weighted by Crippen LogP contribution is -2.32. The smallest absolute Gasteiger partial charge is 0.213 e.